The van der Waals surface area contributed by atoms with E-state index in [0.29, 0.717) is 25.4 Å². The number of nitrogens with one attached hydrogen (secondary N) is 2. The summed E-state index contributed by atoms with van der Waals surface area (Å²) in [5, 5.41) is 10.4. The van der Waals surface area contributed by atoms with Crippen molar-refractivity contribution in [2.75, 3.05) is 13.2 Å². The van der Waals surface area contributed by atoms with Crippen molar-refractivity contribution in [1.82, 2.24) is 25.3 Å². The van der Waals surface area contributed by atoms with Crippen LogP contribution in [0.1, 0.15) is 79.4 Å². The summed E-state index contributed by atoms with van der Waals surface area (Å²) in [4.78, 5) is 41.2. The number of carbonyl (C=O) groups is 3. The number of fused-ring (bicyclic) bond motifs is 1. The topological polar surface area (TPSA) is 106 Å². The first-order valence-electron chi connectivity index (χ1n) is 12.6. The number of hydrogen-bond acceptors (Lipinski definition) is 5. The van der Waals surface area contributed by atoms with Gasteiger partial charge >= 0.3 is 0 Å². The van der Waals surface area contributed by atoms with Gasteiger partial charge in [-0.3, -0.25) is 19.1 Å². The van der Waals surface area contributed by atoms with Gasteiger partial charge in [0.15, 0.2) is 5.69 Å². The van der Waals surface area contributed by atoms with Gasteiger partial charge in [-0.05, 0) is 50.8 Å². The first-order valence-corrected chi connectivity index (χ1v) is 12.6. The molecule has 9 heteroatoms. The molecule has 1 aromatic heterocycles. The van der Waals surface area contributed by atoms with Gasteiger partial charge in [-0.2, -0.15) is 5.10 Å². The van der Waals surface area contributed by atoms with Crippen molar-refractivity contribution < 1.29 is 19.1 Å². The maximum atomic E-state index is 13.4. The molecule has 2 aromatic rings. The summed E-state index contributed by atoms with van der Waals surface area (Å²) in [6.45, 7) is 7.28. The lowest BCUT2D eigenvalue weighted by molar-refractivity contribution is -0.133. The molecule has 1 fully saturated rings. The lowest BCUT2D eigenvalue weighted by atomic mass is 9.94. The fraction of sp³-hybridized carbons (Fsp3) is 0.538. The van der Waals surface area contributed by atoms with E-state index >= 15 is 0 Å². The minimum Gasteiger partial charge on any atom is -0.494 e. The lowest BCUT2D eigenvalue weighted by Gasteiger charge is -2.43. The molecule has 1 aliphatic heterocycles. The molecule has 0 spiro atoms. The number of rotatable bonds is 9. The van der Waals surface area contributed by atoms with E-state index in [1.165, 1.54) is 10.7 Å². The van der Waals surface area contributed by atoms with Gasteiger partial charge in [0.25, 0.3) is 11.8 Å². The van der Waals surface area contributed by atoms with Crippen molar-refractivity contribution in [2.45, 2.75) is 77.5 Å². The van der Waals surface area contributed by atoms with Crippen molar-refractivity contribution in [3.8, 4) is 5.75 Å². The molecule has 0 radical (unpaired) electrons. The Balaban J connectivity index is 1.49. The molecular weight excluding hydrogens is 446 g/mol. The third-order valence-electron chi connectivity index (χ3n) is 6.84. The monoisotopic (exact) mass is 481 g/mol. The molecule has 1 aromatic carbocycles. The summed E-state index contributed by atoms with van der Waals surface area (Å²) in [5.74, 6) is -0.0265. The molecule has 1 atom stereocenters. The average Bonchev–Trinajstić information content (AvgIpc) is 3.51. The Bertz CT molecular complexity index is 1070. The quantitative estimate of drug-likeness (QED) is 0.573. The number of benzene rings is 1. The first-order chi connectivity index (χ1) is 16.9. The zero-order chi connectivity index (χ0) is 25.0. The van der Waals surface area contributed by atoms with Gasteiger partial charge < -0.3 is 20.3 Å². The number of amides is 3. The van der Waals surface area contributed by atoms with E-state index in [1.54, 1.807) is 11.8 Å². The van der Waals surface area contributed by atoms with Crippen molar-refractivity contribution in [2.24, 2.45) is 0 Å². The van der Waals surface area contributed by atoms with Gasteiger partial charge in [0.05, 0.1) is 13.2 Å². The van der Waals surface area contributed by atoms with Gasteiger partial charge in [-0.25, -0.2) is 0 Å². The van der Waals surface area contributed by atoms with Crippen LogP contribution >= 0.6 is 0 Å². The minimum absolute atomic E-state index is 0.154. The Labute approximate surface area is 206 Å². The third kappa shape index (κ3) is 5.18. The molecule has 1 saturated carbocycles. The largest absolute Gasteiger partial charge is 0.494 e. The molecule has 0 unspecified atom stereocenters. The van der Waals surface area contributed by atoms with Crippen LogP contribution in [0.4, 0.5) is 0 Å². The smallest absolute Gasteiger partial charge is 0.273 e. The summed E-state index contributed by atoms with van der Waals surface area (Å²) < 4.78 is 6.95. The highest BCUT2D eigenvalue weighted by molar-refractivity contribution is 6.01. The molecule has 1 aliphatic carbocycles. The van der Waals surface area contributed by atoms with Crippen LogP contribution in [0.5, 0.6) is 5.75 Å². The number of ether oxygens (including phenoxy) is 1. The van der Waals surface area contributed by atoms with Crippen LogP contribution in [0.15, 0.2) is 30.3 Å². The van der Waals surface area contributed by atoms with Crippen LogP contribution in [-0.2, 0) is 17.9 Å². The molecule has 3 amide bonds. The Hall–Kier alpha value is -3.36. The van der Waals surface area contributed by atoms with Gasteiger partial charge in [0, 0.05) is 25.2 Å². The van der Waals surface area contributed by atoms with E-state index in [4.69, 9.17) is 4.74 Å². The molecule has 188 valence electrons. The predicted molar refractivity (Wildman–Crippen MR) is 131 cm³/mol. The fourth-order valence-electron chi connectivity index (χ4n) is 4.88. The summed E-state index contributed by atoms with van der Waals surface area (Å²) in [6, 6.07) is 9.18. The van der Waals surface area contributed by atoms with Crippen LogP contribution in [0.3, 0.4) is 0 Å². The van der Waals surface area contributed by atoms with Crippen molar-refractivity contribution in [3.05, 3.63) is 47.3 Å². The van der Waals surface area contributed by atoms with Gasteiger partial charge in [0.1, 0.15) is 17.0 Å². The highest BCUT2D eigenvalue weighted by Gasteiger charge is 2.48. The molecule has 9 nitrogen and oxygen atoms in total. The van der Waals surface area contributed by atoms with E-state index in [1.807, 2.05) is 38.1 Å². The standard InChI is InChI=1S/C26H35N5O4/c1-4-14-30-24(33)22-15-21(23(32)27-16-18-10-12-20(13-11-18)35-5-2)29-31(22)17-26(30,3)25(34)28-19-8-6-7-9-19/h10-13,15,19H,4-9,14,16-17H2,1-3H3,(H,27,32)(H,28,34)/t26-/m1/s1. The zero-order valence-corrected chi connectivity index (χ0v) is 20.8. The molecule has 2 heterocycles. The molecule has 2 N–H and O–H groups in total. The molecule has 2 aliphatic rings. The summed E-state index contributed by atoms with van der Waals surface area (Å²) in [6.07, 6.45) is 4.88. The molecule has 0 bridgehead atoms. The normalized spacial score (nSPS) is 20.0. The van der Waals surface area contributed by atoms with Crippen molar-refractivity contribution in [1.29, 1.82) is 0 Å². The van der Waals surface area contributed by atoms with Crippen molar-refractivity contribution >= 4 is 17.7 Å². The highest BCUT2D eigenvalue weighted by atomic mass is 16.5. The Morgan fingerprint density at radius 2 is 1.89 bits per heavy atom. The van der Waals surface area contributed by atoms with Gasteiger partial charge in [0.2, 0.25) is 5.91 Å². The van der Waals surface area contributed by atoms with Crippen LogP contribution < -0.4 is 15.4 Å². The minimum atomic E-state index is -1.06. The van der Waals surface area contributed by atoms with E-state index in [9.17, 15) is 14.4 Å². The maximum Gasteiger partial charge on any atom is 0.273 e. The second-order valence-electron chi connectivity index (χ2n) is 9.52. The Kier molecular flexibility index (Phi) is 7.42. The summed E-state index contributed by atoms with van der Waals surface area (Å²) in [5.41, 5.74) is 0.351. The Morgan fingerprint density at radius 3 is 2.54 bits per heavy atom. The average molecular weight is 482 g/mol. The second-order valence-corrected chi connectivity index (χ2v) is 9.52. The van der Waals surface area contributed by atoms with Crippen LogP contribution in [0.25, 0.3) is 0 Å². The van der Waals surface area contributed by atoms with E-state index < -0.39 is 5.54 Å². The number of aromatic nitrogens is 2. The predicted octanol–water partition coefficient (Wildman–Crippen LogP) is 2.90. The third-order valence-corrected chi connectivity index (χ3v) is 6.84. The maximum absolute atomic E-state index is 13.4. The second kappa shape index (κ2) is 10.5. The summed E-state index contributed by atoms with van der Waals surface area (Å²) >= 11 is 0. The first kappa shape index (κ1) is 24.8. The van der Waals surface area contributed by atoms with Crippen LogP contribution in [-0.4, -0.2) is 57.1 Å². The fourth-order valence-corrected chi connectivity index (χ4v) is 4.88. The van der Waals surface area contributed by atoms with Crippen LogP contribution in [0, 0.1) is 0 Å². The van der Waals surface area contributed by atoms with Gasteiger partial charge in [-0.1, -0.05) is 31.9 Å². The zero-order valence-electron chi connectivity index (χ0n) is 20.8. The number of carbonyl (C=O) groups excluding carboxylic acids is 3. The SMILES string of the molecule is CCCN1C(=O)c2cc(C(=O)NCc3ccc(OCC)cc3)nn2C[C@]1(C)C(=O)NC1CCCC1. The molecular formula is C26H35N5O4. The molecule has 35 heavy (non-hydrogen) atoms. The molecule has 4 rings (SSSR count). The van der Waals surface area contributed by atoms with Crippen molar-refractivity contribution in [3.63, 3.8) is 0 Å². The van der Waals surface area contributed by atoms with Crippen LogP contribution in [0.2, 0.25) is 0 Å². The Morgan fingerprint density at radius 1 is 1.17 bits per heavy atom. The van der Waals surface area contributed by atoms with E-state index in [2.05, 4.69) is 15.7 Å². The number of nitrogens with zero attached hydrogens (tertiary/aromatic N) is 3. The van der Waals surface area contributed by atoms with E-state index in [0.717, 1.165) is 43.4 Å². The highest BCUT2D eigenvalue weighted by Crippen LogP contribution is 2.29. The van der Waals surface area contributed by atoms with E-state index in [-0.39, 0.29) is 36.0 Å². The molecule has 0 saturated heterocycles. The van der Waals surface area contributed by atoms with Gasteiger partial charge in [-0.15, -0.1) is 0 Å². The lowest BCUT2D eigenvalue weighted by Crippen LogP contribution is -2.65. The number of hydrogen-bond donors (Lipinski definition) is 2. The summed E-state index contributed by atoms with van der Waals surface area (Å²) in [7, 11) is 0.